The minimum absolute atomic E-state index is 0.575. The molecule has 7 heteroatoms. The van der Waals surface area contributed by atoms with Crippen LogP contribution in [0.15, 0.2) is 253 Å². The normalized spacial score (nSPS) is 12.4. The van der Waals surface area contributed by atoms with E-state index in [1.807, 2.05) is 36.4 Å². The molecular weight excluding hydrogens is 1010 g/mol. The lowest BCUT2D eigenvalue weighted by molar-refractivity contribution is 0.691. The second kappa shape index (κ2) is 20.9. The van der Waals surface area contributed by atoms with Crippen LogP contribution in [0.4, 0.5) is 0 Å². The van der Waals surface area contributed by atoms with E-state index >= 15 is 0 Å². The molecule has 0 spiro atoms. The molecule has 10 rings (SSSR count). The number of benzene rings is 10. The predicted octanol–water partition coefficient (Wildman–Crippen LogP) is 19.1. The third-order valence-electron chi connectivity index (χ3n) is 14.6. The highest BCUT2D eigenvalue weighted by atomic mass is 32.1. The van der Waals surface area contributed by atoms with Gasteiger partial charge >= 0.3 is 0 Å². The molecule has 0 saturated carbocycles. The molecule has 10 aromatic carbocycles. The van der Waals surface area contributed by atoms with Crippen LogP contribution < -0.4 is 0 Å². The molecule has 0 aliphatic heterocycles. The first-order valence-corrected chi connectivity index (χ1v) is 26.9. The first-order chi connectivity index (χ1) is 34.7. The Morgan fingerprint density at radius 2 is 0.472 bits per heavy atom. The van der Waals surface area contributed by atoms with Gasteiger partial charge in [0.1, 0.15) is 0 Å². The Morgan fingerprint density at radius 1 is 0.236 bits per heavy atom. The van der Waals surface area contributed by atoms with Gasteiger partial charge in [0.25, 0.3) is 0 Å². The van der Waals surface area contributed by atoms with Crippen molar-refractivity contribution in [3.63, 3.8) is 0 Å². The molecule has 0 amide bonds. The van der Waals surface area contributed by atoms with Crippen LogP contribution in [-0.2, 0) is 10.8 Å². The first-order valence-electron chi connectivity index (χ1n) is 23.7. The molecule has 1 atom stereocenters. The van der Waals surface area contributed by atoms with Crippen LogP contribution in [0.2, 0.25) is 0 Å². The van der Waals surface area contributed by atoms with Gasteiger partial charge in [-0.25, -0.2) is 0 Å². The summed E-state index contributed by atoms with van der Waals surface area (Å²) in [4.78, 5) is 6.31. The fourth-order valence-corrected chi connectivity index (χ4v) is 12.1. The Balaban J connectivity index is 1.09. The third-order valence-corrected chi connectivity index (χ3v) is 17.3. The van der Waals surface area contributed by atoms with E-state index in [-0.39, 0.29) is 0 Å². The molecule has 10 aromatic rings. The van der Waals surface area contributed by atoms with Gasteiger partial charge in [-0.05, 0) is 182 Å². The van der Waals surface area contributed by atoms with Crippen molar-refractivity contribution in [2.45, 2.75) is 65.9 Å². The molecule has 0 nitrogen and oxygen atoms in total. The smallest absolute Gasteiger partial charge is 0.0423 e. The standard InChI is InChI=1S/C65H52S7/c1-40-12-4-5-13-49(40)53-36-45(28-32-60(53)69)64(2,46-29-33-61(70)54(37-46)50-14-6-9-17-57(50)66)43-24-20-41(21-25-43)42-22-26-44(27-23-42)65(3,47-30-34-62(71)55(38-47)51-15-7-10-18-58(51)67)48-31-35-63(72)56(39-48)52-16-8-11-19-59(52)68/h4-39,66-72H,1-3H3. The van der Waals surface area contributed by atoms with E-state index < -0.39 is 10.8 Å². The van der Waals surface area contributed by atoms with Gasteiger partial charge in [-0.2, -0.15) is 0 Å². The van der Waals surface area contributed by atoms with Crippen LogP contribution in [0.5, 0.6) is 0 Å². The van der Waals surface area contributed by atoms with Crippen molar-refractivity contribution in [2.24, 2.45) is 0 Å². The average molecular weight is 1060 g/mol. The molecule has 0 aliphatic rings. The van der Waals surface area contributed by atoms with E-state index in [1.165, 1.54) is 11.1 Å². The minimum Gasteiger partial charge on any atom is -0.143 e. The van der Waals surface area contributed by atoms with Crippen molar-refractivity contribution in [1.82, 2.24) is 0 Å². The Bertz CT molecular complexity index is 3220. The summed E-state index contributed by atoms with van der Waals surface area (Å²) in [6, 6.07) is 77.8. The molecular formula is C65H52S7. The largest absolute Gasteiger partial charge is 0.143 e. The predicted molar refractivity (Wildman–Crippen MR) is 326 cm³/mol. The summed E-state index contributed by atoms with van der Waals surface area (Å²) in [5.41, 5.74) is 17.6. The van der Waals surface area contributed by atoms with Crippen molar-refractivity contribution in [1.29, 1.82) is 0 Å². The van der Waals surface area contributed by atoms with Crippen LogP contribution in [0, 0.1) is 6.92 Å². The summed E-state index contributed by atoms with van der Waals surface area (Å²) < 4.78 is 0. The van der Waals surface area contributed by atoms with Crippen molar-refractivity contribution < 1.29 is 0 Å². The molecule has 1 unspecified atom stereocenters. The lowest BCUT2D eigenvalue weighted by Gasteiger charge is -2.34. The summed E-state index contributed by atoms with van der Waals surface area (Å²) in [7, 11) is 0. The minimum atomic E-state index is -0.595. The van der Waals surface area contributed by atoms with Gasteiger partial charge < -0.3 is 0 Å². The third kappa shape index (κ3) is 9.43. The van der Waals surface area contributed by atoms with Crippen molar-refractivity contribution in [3.8, 4) is 55.6 Å². The molecule has 0 heterocycles. The van der Waals surface area contributed by atoms with E-state index in [9.17, 15) is 0 Å². The molecule has 0 saturated heterocycles. The van der Waals surface area contributed by atoms with E-state index in [1.54, 1.807) is 0 Å². The lowest BCUT2D eigenvalue weighted by atomic mass is 9.69. The summed E-state index contributed by atoms with van der Waals surface area (Å²) >= 11 is 34.6. The lowest BCUT2D eigenvalue weighted by Crippen LogP contribution is -2.26. The van der Waals surface area contributed by atoms with Gasteiger partial charge in [-0.15, -0.1) is 88.4 Å². The fourth-order valence-electron chi connectivity index (χ4n) is 10.2. The second-order valence-corrected chi connectivity index (χ2v) is 22.1. The fraction of sp³-hybridized carbons (Fsp3) is 0.0769. The molecule has 0 N–H and O–H groups in total. The van der Waals surface area contributed by atoms with Gasteiger partial charge in [0.15, 0.2) is 0 Å². The molecule has 0 radical (unpaired) electrons. The number of thiol groups is 7. The van der Waals surface area contributed by atoms with E-state index in [2.05, 4.69) is 203 Å². The van der Waals surface area contributed by atoms with E-state index in [4.69, 9.17) is 88.4 Å². The van der Waals surface area contributed by atoms with Crippen LogP contribution in [0.25, 0.3) is 55.6 Å². The summed E-state index contributed by atoms with van der Waals surface area (Å²) in [5, 5.41) is 0. The van der Waals surface area contributed by atoms with Crippen molar-refractivity contribution >= 4 is 88.4 Å². The number of aryl methyl sites for hydroxylation is 1. The Morgan fingerprint density at radius 3 is 0.764 bits per heavy atom. The van der Waals surface area contributed by atoms with Gasteiger partial charge in [0, 0.05) is 45.1 Å². The maximum atomic E-state index is 5.01. The summed E-state index contributed by atoms with van der Waals surface area (Å²) in [5.74, 6) is 0. The average Bonchev–Trinajstić information content (AvgIpc) is 3.40. The van der Waals surface area contributed by atoms with E-state index in [0.29, 0.717) is 0 Å². The summed E-state index contributed by atoms with van der Waals surface area (Å²) in [6.45, 7) is 6.81. The quantitative estimate of drug-likeness (QED) is 0.0487. The first kappa shape index (κ1) is 50.2. The Hall–Kier alpha value is -5.35. The van der Waals surface area contributed by atoms with Crippen molar-refractivity contribution in [2.75, 3.05) is 0 Å². The maximum Gasteiger partial charge on any atom is 0.0423 e. The molecule has 0 aromatic heterocycles. The maximum absolute atomic E-state index is 5.01. The van der Waals surface area contributed by atoms with Gasteiger partial charge in [0.2, 0.25) is 0 Å². The van der Waals surface area contributed by atoms with Crippen LogP contribution >= 0.6 is 88.4 Å². The highest BCUT2D eigenvalue weighted by Crippen LogP contribution is 2.47. The number of hydrogen-bond donors (Lipinski definition) is 7. The van der Waals surface area contributed by atoms with Crippen LogP contribution in [0.1, 0.15) is 52.8 Å². The monoisotopic (exact) mass is 1060 g/mol. The van der Waals surface area contributed by atoms with Crippen LogP contribution in [-0.4, -0.2) is 0 Å². The zero-order chi connectivity index (χ0) is 50.3. The molecule has 354 valence electrons. The second-order valence-electron chi connectivity index (χ2n) is 18.7. The Kier molecular flexibility index (Phi) is 14.6. The highest BCUT2D eigenvalue weighted by molar-refractivity contribution is 7.81. The number of hydrogen-bond acceptors (Lipinski definition) is 7. The Labute approximate surface area is 463 Å². The summed E-state index contributed by atoms with van der Waals surface area (Å²) in [6.07, 6.45) is 0. The topological polar surface area (TPSA) is 0 Å². The van der Waals surface area contributed by atoms with E-state index in [0.717, 1.165) is 118 Å². The highest BCUT2D eigenvalue weighted by Gasteiger charge is 2.35. The van der Waals surface area contributed by atoms with Gasteiger partial charge in [0.05, 0.1) is 0 Å². The molecule has 0 fully saturated rings. The SMILES string of the molecule is Cc1ccccc1-c1cc(C(C)(c2ccc(-c3ccc(C(C)(c4ccc(S)c(-c5ccccc5S)c4)c4ccc(S)c(-c5ccccc5S)c4)cc3)cc2)c2ccc(S)c(-c3ccccc3S)c2)ccc1S. The zero-order valence-electron chi connectivity index (χ0n) is 39.9. The van der Waals surface area contributed by atoms with Crippen LogP contribution in [0.3, 0.4) is 0 Å². The van der Waals surface area contributed by atoms with Gasteiger partial charge in [-0.3, -0.25) is 0 Å². The molecule has 0 aliphatic carbocycles. The molecule has 72 heavy (non-hydrogen) atoms. The van der Waals surface area contributed by atoms with Gasteiger partial charge in [-0.1, -0.05) is 152 Å². The molecule has 0 bridgehead atoms. The van der Waals surface area contributed by atoms with Crippen molar-refractivity contribution in [3.05, 3.63) is 257 Å². The zero-order valence-corrected chi connectivity index (χ0v) is 46.2. The number of rotatable bonds is 11.